The van der Waals surface area contributed by atoms with E-state index in [0.717, 1.165) is 0 Å². The van der Waals surface area contributed by atoms with Gasteiger partial charge in [0.15, 0.2) is 5.82 Å². The molecule has 2 amide bonds. The van der Waals surface area contributed by atoms with E-state index in [1.807, 2.05) is 0 Å². The van der Waals surface area contributed by atoms with Crippen LogP contribution in [0.15, 0.2) is 29.2 Å². The monoisotopic (exact) mass is 324 g/mol. The van der Waals surface area contributed by atoms with Crippen LogP contribution in [0.4, 0.5) is 5.82 Å². The van der Waals surface area contributed by atoms with E-state index >= 15 is 0 Å². The van der Waals surface area contributed by atoms with Crippen molar-refractivity contribution in [1.29, 1.82) is 0 Å². The van der Waals surface area contributed by atoms with Crippen molar-refractivity contribution in [2.45, 2.75) is 6.04 Å². The van der Waals surface area contributed by atoms with Crippen molar-refractivity contribution in [2.24, 2.45) is 0 Å². The molecule has 2 heterocycles. The summed E-state index contributed by atoms with van der Waals surface area (Å²) in [5, 5.41) is 11.8. The van der Waals surface area contributed by atoms with Gasteiger partial charge in [0, 0.05) is 12.7 Å². The molecule has 0 aliphatic rings. The maximum Gasteiger partial charge on any atom is 0.314 e. The van der Waals surface area contributed by atoms with Gasteiger partial charge in [0.1, 0.15) is 5.82 Å². The minimum absolute atomic E-state index is 0.121. The number of amides is 2. The van der Waals surface area contributed by atoms with Gasteiger partial charge in [-0.3, -0.25) is 9.59 Å². The van der Waals surface area contributed by atoms with Gasteiger partial charge in [-0.1, -0.05) is 16.8 Å². The number of carbonyl (C=O) groups excluding carboxylic acids is 2. The largest absolute Gasteiger partial charge is 0.346 e. The van der Waals surface area contributed by atoms with Crippen LogP contribution in [0, 0.1) is 0 Å². The van der Waals surface area contributed by atoms with Crippen LogP contribution in [0.1, 0.15) is 11.9 Å². The third-order valence-corrected chi connectivity index (χ3v) is 2.90. The predicted octanol–water partition coefficient (Wildman–Crippen LogP) is 0.133. The molecule has 0 aromatic carbocycles. The highest BCUT2D eigenvalue weighted by atomic mass is 35.5. The van der Waals surface area contributed by atoms with Gasteiger partial charge in [-0.25, -0.2) is 4.98 Å². The number of aromatic nitrogens is 3. The highest BCUT2D eigenvalue weighted by Crippen LogP contribution is 2.09. The summed E-state index contributed by atoms with van der Waals surface area (Å²) in [6.07, 6.45) is 2.54. The number of carbonyl (C=O) groups is 2. The van der Waals surface area contributed by atoms with Gasteiger partial charge < -0.3 is 20.5 Å². The summed E-state index contributed by atoms with van der Waals surface area (Å²) < 4.78 is 4.63. The van der Waals surface area contributed by atoms with Crippen LogP contribution in [0.3, 0.4) is 0 Å². The molecule has 0 spiro atoms. The molecule has 0 radical (unpaired) electrons. The van der Waals surface area contributed by atoms with Crippen LogP contribution in [0.5, 0.6) is 0 Å². The molecule has 116 valence electrons. The van der Waals surface area contributed by atoms with E-state index < -0.39 is 11.8 Å². The van der Waals surface area contributed by atoms with Crippen LogP contribution >= 0.6 is 11.6 Å². The average molecular weight is 325 g/mol. The van der Waals surface area contributed by atoms with Crippen molar-refractivity contribution in [3.63, 3.8) is 0 Å². The van der Waals surface area contributed by atoms with Gasteiger partial charge in [-0.15, -0.1) is 0 Å². The molecule has 22 heavy (non-hydrogen) atoms. The zero-order chi connectivity index (χ0) is 15.9. The van der Waals surface area contributed by atoms with Crippen LogP contribution < -0.4 is 16.0 Å². The number of halogens is 1. The summed E-state index contributed by atoms with van der Waals surface area (Å²) in [4.78, 5) is 31.2. The van der Waals surface area contributed by atoms with E-state index in [1.165, 1.54) is 18.7 Å². The summed E-state index contributed by atoms with van der Waals surface area (Å²) in [5.74, 6) is -1.03. The maximum atomic E-state index is 11.7. The Labute approximate surface area is 130 Å². The van der Waals surface area contributed by atoms with Gasteiger partial charge >= 0.3 is 11.8 Å². The Kier molecular flexibility index (Phi) is 5.39. The Morgan fingerprint density at radius 1 is 1.32 bits per heavy atom. The molecule has 0 fully saturated rings. The number of nitrogens with one attached hydrogen (secondary N) is 3. The number of anilines is 1. The first-order valence-electron chi connectivity index (χ1n) is 6.24. The average Bonchev–Trinajstić information content (AvgIpc) is 3.04. The molecule has 3 N–H and O–H groups in total. The van der Waals surface area contributed by atoms with Crippen molar-refractivity contribution >= 4 is 29.2 Å². The third-order valence-electron chi connectivity index (χ3n) is 2.68. The normalized spacial score (nSPS) is 11.7. The van der Waals surface area contributed by atoms with Gasteiger partial charge in [0.2, 0.25) is 6.39 Å². The molecule has 2 rings (SSSR count). The Bertz CT molecular complexity index is 631. The molecular formula is C12H13ClN6O3. The molecule has 0 bridgehead atoms. The van der Waals surface area contributed by atoms with E-state index in [-0.39, 0.29) is 18.4 Å². The summed E-state index contributed by atoms with van der Waals surface area (Å²) in [7, 11) is 1.67. The van der Waals surface area contributed by atoms with Crippen LogP contribution in [0.25, 0.3) is 0 Å². The smallest absolute Gasteiger partial charge is 0.314 e. The first-order valence-corrected chi connectivity index (χ1v) is 6.62. The third kappa shape index (κ3) is 4.24. The fraction of sp³-hybridized carbons (Fsp3) is 0.250. The molecule has 1 atom stereocenters. The van der Waals surface area contributed by atoms with Crippen LogP contribution in [-0.4, -0.2) is 40.5 Å². The van der Waals surface area contributed by atoms with Crippen molar-refractivity contribution in [3.05, 3.63) is 35.6 Å². The van der Waals surface area contributed by atoms with Crippen molar-refractivity contribution in [3.8, 4) is 0 Å². The van der Waals surface area contributed by atoms with E-state index in [2.05, 4.69) is 35.6 Å². The number of rotatable bonds is 5. The highest BCUT2D eigenvalue weighted by molar-refractivity contribution is 6.39. The van der Waals surface area contributed by atoms with Crippen molar-refractivity contribution in [1.82, 2.24) is 25.8 Å². The zero-order valence-electron chi connectivity index (χ0n) is 11.5. The van der Waals surface area contributed by atoms with Gasteiger partial charge in [-0.05, 0) is 19.2 Å². The van der Waals surface area contributed by atoms with Crippen LogP contribution in [-0.2, 0) is 9.59 Å². The Hall–Kier alpha value is -2.52. The van der Waals surface area contributed by atoms with E-state index in [1.54, 1.807) is 13.1 Å². The minimum Gasteiger partial charge on any atom is -0.346 e. The van der Waals surface area contributed by atoms with E-state index in [0.29, 0.717) is 10.8 Å². The fourth-order valence-electron chi connectivity index (χ4n) is 1.55. The number of hydrogen-bond donors (Lipinski definition) is 3. The molecule has 0 aliphatic carbocycles. The number of likely N-dealkylation sites (N-methyl/N-ethyl adjacent to an activating group) is 1. The first-order chi connectivity index (χ1) is 10.6. The fourth-order valence-corrected chi connectivity index (χ4v) is 1.66. The summed E-state index contributed by atoms with van der Waals surface area (Å²) in [6.45, 7) is 0.121. The quantitative estimate of drug-likeness (QED) is 0.668. The number of hydrogen-bond acceptors (Lipinski definition) is 7. The molecule has 10 heteroatoms. The highest BCUT2D eigenvalue weighted by Gasteiger charge is 2.19. The van der Waals surface area contributed by atoms with Gasteiger partial charge in [0.25, 0.3) is 0 Å². The first kappa shape index (κ1) is 15.9. The summed E-state index contributed by atoms with van der Waals surface area (Å²) in [6, 6.07) is 2.67. The lowest BCUT2D eigenvalue weighted by atomic mass is 10.3. The molecule has 2 aromatic heterocycles. The lowest BCUT2D eigenvalue weighted by molar-refractivity contribution is -0.136. The SMILES string of the molecule is CN[C@@H](CNC(=O)C(=O)Nc1ccc(Cl)cn1)c1ncon1. The lowest BCUT2D eigenvalue weighted by Gasteiger charge is -2.12. The molecule has 0 aliphatic heterocycles. The molecule has 2 aromatic rings. The second-order valence-corrected chi connectivity index (χ2v) is 4.59. The van der Waals surface area contributed by atoms with Crippen LogP contribution in [0.2, 0.25) is 5.02 Å². The standard InChI is InChI=1S/C12H13ClN6O3/c1-14-8(10-17-6-22-19-10)5-16-11(20)12(21)18-9-3-2-7(13)4-15-9/h2-4,6,8,14H,5H2,1H3,(H,16,20)(H,15,18,21)/t8-/m0/s1. The topological polar surface area (TPSA) is 122 Å². The molecule has 0 saturated carbocycles. The van der Waals surface area contributed by atoms with Crippen molar-refractivity contribution in [2.75, 3.05) is 18.9 Å². The predicted molar refractivity (Wildman–Crippen MR) is 77.0 cm³/mol. The van der Waals surface area contributed by atoms with Gasteiger partial charge in [0.05, 0.1) is 11.1 Å². The van der Waals surface area contributed by atoms with E-state index in [9.17, 15) is 9.59 Å². The Morgan fingerprint density at radius 3 is 2.73 bits per heavy atom. The minimum atomic E-state index is -0.835. The Morgan fingerprint density at radius 2 is 2.14 bits per heavy atom. The number of pyridine rings is 1. The number of nitrogens with zero attached hydrogens (tertiary/aromatic N) is 3. The summed E-state index contributed by atoms with van der Waals surface area (Å²) >= 11 is 5.68. The summed E-state index contributed by atoms with van der Waals surface area (Å²) in [5.41, 5.74) is 0. The molecular weight excluding hydrogens is 312 g/mol. The molecule has 0 saturated heterocycles. The maximum absolute atomic E-state index is 11.7. The molecule has 9 nitrogen and oxygen atoms in total. The lowest BCUT2D eigenvalue weighted by Crippen LogP contribution is -2.40. The Balaban J connectivity index is 1.86. The molecule has 0 unspecified atom stereocenters. The van der Waals surface area contributed by atoms with Gasteiger partial charge in [-0.2, -0.15) is 4.98 Å². The second-order valence-electron chi connectivity index (χ2n) is 4.16. The van der Waals surface area contributed by atoms with E-state index in [4.69, 9.17) is 11.6 Å². The second kappa shape index (κ2) is 7.48. The zero-order valence-corrected chi connectivity index (χ0v) is 12.3. The van der Waals surface area contributed by atoms with Crippen molar-refractivity contribution < 1.29 is 14.1 Å².